The van der Waals surface area contributed by atoms with Crippen LogP contribution >= 0.6 is 0 Å². The van der Waals surface area contributed by atoms with E-state index >= 15 is 0 Å². The van der Waals surface area contributed by atoms with Crippen molar-refractivity contribution in [3.63, 3.8) is 0 Å². The Morgan fingerprint density at radius 1 is 1.10 bits per heavy atom. The Bertz CT molecular complexity index is 686. The highest BCUT2D eigenvalue weighted by Gasteiger charge is 2.19. The van der Waals surface area contributed by atoms with Crippen molar-refractivity contribution in [2.75, 3.05) is 5.32 Å². The van der Waals surface area contributed by atoms with Gasteiger partial charge in [0.15, 0.2) is 11.6 Å². The lowest BCUT2D eigenvalue weighted by atomic mass is 10.2. The van der Waals surface area contributed by atoms with Gasteiger partial charge < -0.3 is 5.32 Å². The highest BCUT2D eigenvalue weighted by Crippen LogP contribution is 2.29. The Labute approximate surface area is 124 Å². The summed E-state index contributed by atoms with van der Waals surface area (Å²) in [6.07, 6.45) is 12.6. The maximum absolute atomic E-state index is 4.79. The van der Waals surface area contributed by atoms with Gasteiger partial charge in [0.2, 0.25) is 0 Å². The zero-order valence-corrected chi connectivity index (χ0v) is 12.2. The molecule has 2 aliphatic carbocycles. The molecule has 0 aliphatic heterocycles. The normalized spacial score (nSPS) is 19.1. The molecule has 2 aromatic rings. The average Bonchev–Trinajstić information content (AvgIpc) is 3.20. The first-order valence-corrected chi connectivity index (χ1v) is 7.99. The summed E-state index contributed by atoms with van der Waals surface area (Å²) >= 11 is 0. The van der Waals surface area contributed by atoms with Crippen LogP contribution in [-0.4, -0.2) is 21.0 Å². The molecule has 4 nitrogen and oxygen atoms in total. The third-order valence-corrected chi connectivity index (χ3v) is 4.48. The molecular formula is C17H20N4. The molecule has 4 heteroatoms. The van der Waals surface area contributed by atoms with Gasteiger partial charge in [-0.25, -0.2) is 9.97 Å². The first-order chi connectivity index (χ1) is 10.4. The summed E-state index contributed by atoms with van der Waals surface area (Å²) in [6.45, 7) is 0. The number of fused-ring (bicyclic) bond motifs is 1. The fourth-order valence-electron chi connectivity index (χ4n) is 3.35. The molecule has 0 bridgehead atoms. The molecule has 2 heterocycles. The van der Waals surface area contributed by atoms with E-state index in [0.717, 1.165) is 35.5 Å². The van der Waals surface area contributed by atoms with Crippen LogP contribution in [0.3, 0.4) is 0 Å². The lowest BCUT2D eigenvalue weighted by molar-refractivity contribution is 0.750. The van der Waals surface area contributed by atoms with Crippen LogP contribution in [-0.2, 0) is 0 Å². The lowest BCUT2D eigenvalue weighted by Gasteiger charge is -2.15. The van der Waals surface area contributed by atoms with Gasteiger partial charge in [0, 0.05) is 12.2 Å². The highest BCUT2D eigenvalue weighted by atomic mass is 15.1. The van der Waals surface area contributed by atoms with Gasteiger partial charge in [0.05, 0.1) is 5.52 Å². The largest absolute Gasteiger partial charge is 0.365 e. The summed E-state index contributed by atoms with van der Waals surface area (Å²) in [5, 5.41) is 3.61. The Morgan fingerprint density at radius 3 is 2.81 bits per heavy atom. The molecule has 2 aliphatic rings. The van der Waals surface area contributed by atoms with E-state index in [4.69, 9.17) is 9.97 Å². The minimum absolute atomic E-state index is 0.538. The van der Waals surface area contributed by atoms with Crippen molar-refractivity contribution in [2.24, 2.45) is 0 Å². The van der Waals surface area contributed by atoms with Gasteiger partial charge in [0.25, 0.3) is 0 Å². The standard InChI is InChI=1S/C17H20N4/c1-2-7-12(6-1)16-20-14-10-5-11-18-15(14)17(21-16)19-13-8-3-4-9-13/h5-6,10-11,13H,1-4,7-9H2,(H,19,20,21). The molecule has 0 atom stereocenters. The topological polar surface area (TPSA) is 50.7 Å². The second kappa shape index (κ2) is 5.43. The molecule has 21 heavy (non-hydrogen) atoms. The Balaban J connectivity index is 1.77. The van der Waals surface area contributed by atoms with E-state index in [0.29, 0.717) is 6.04 Å². The molecule has 4 rings (SSSR count). The first-order valence-electron chi connectivity index (χ1n) is 7.99. The lowest BCUT2D eigenvalue weighted by Crippen LogP contribution is -2.17. The van der Waals surface area contributed by atoms with Gasteiger partial charge in [-0.1, -0.05) is 18.9 Å². The minimum Gasteiger partial charge on any atom is -0.365 e. The number of allylic oxidation sites excluding steroid dienone is 2. The van der Waals surface area contributed by atoms with Crippen molar-refractivity contribution in [3.8, 4) is 0 Å². The second-order valence-electron chi connectivity index (χ2n) is 6.01. The van der Waals surface area contributed by atoms with Crippen molar-refractivity contribution < 1.29 is 0 Å². The molecular weight excluding hydrogens is 260 g/mol. The predicted octanol–water partition coefficient (Wildman–Crippen LogP) is 3.95. The molecule has 2 aromatic heterocycles. The number of nitrogens with zero attached hydrogens (tertiary/aromatic N) is 3. The fraction of sp³-hybridized carbons (Fsp3) is 0.471. The predicted molar refractivity (Wildman–Crippen MR) is 85.0 cm³/mol. The van der Waals surface area contributed by atoms with E-state index in [1.54, 1.807) is 0 Å². The highest BCUT2D eigenvalue weighted by molar-refractivity contribution is 5.86. The number of rotatable bonds is 3. The molecule has 0 unspecified atom stereocenters. The van der Waals surface area contributed by atoms with Crippen molar-refractivity contribution in [1.29, 1.82) is 0 Å². The summed E-state index contributed by atoms with van der Waals surface area (Å²) in [7, 11) is 0. The quantitative estimate of drug-likeness (QED) is 0.925. The molecule has 0 saturated heterocycles. The maximum Gasteiger partial charge on any atom is 0.157 e. The smallest absolute Gasteiger partial charge is 0.157 e. The molecule has 108 valence electrons. The number of aromatic nitrogens is 3. The van der Waals surface area contributed by atoms with Gasteiger partial charge in [-0.2, -0.15) is 0 Å². The maximum atomic E-state index is 4.79. The molecule has 0 aromatic carbocycles. The van der Waals surface area contributed by atoms with Gasteiger partial charge >= 0.3 is 0 Å². The molecule has 0 spiro atoms. The van der Waals surface area contributed by atoms with Gasteiger partial charge in [-0.05, 0) is 49.8 Å². The fourth-order valence-corrected chi connectivity index (χ4v) is 3.35. The first kappa shape index (κ1) is 12.7. The molecule has 1 N–H and O–H groups in total. The van der Waals surface area contributed by atoms with Gasteiger partial charge in [0.1, 0.15) is 5.52 Å². The van der Waals surface area contributed by atoms with E-state index in [2.05, 4.69) is 16.4 Å². The van der Waals surface area contributed by atoms with Crippen molar-refractivity contribution in [3.05, 3.63) is 30.2 Å². The van der Waals surface area contributed by atoms with Crippen molar-refractivity contribution >= 4 is 22.4 Å². The Morgan fingerprint density at radius 2 is 2.00 bits per heavy atom. The number of pyridine rings is 1. The number of anilines is 1. The SMILES string of the molecule is C1=C(c2nc(NC3CCCC3)c3ncccc3n2)CCC1. The van der Waals surface area contributed by atoms with Crippen molar-refractivity contribution in [1.82, 2.24) is 15.0 Å². The van der Waals surface area contributed by atoms with Crippen LogP contribution < -0.4 is 5.32 Å². The third-order valence-electron chi connectivity index (χ3n) is 4.48. The second-order valence-corrected chi connectivity index (χ2v) is 6.01. The van der Waals surface area contributed by atoms with Crippen LogP contribution in [0.25, 0.3) is 16.6 Å². The minimum atomic E-state index is 0.538. The van der Waals surface area contributed by atoms with E-state index < -0.39 is 0 Å². The van der Waals surface area contributed by atoms with Crippen LogP contribution in [0.4, 0.5) is 5.82 Å². The van der Waals surface area contributed by atoms with Crippen LogP contribution in [0.15, 0.2) is 24.4 Å². The molecule has 0 amide bonds. The summed E-state index contributed by atoms with van der Waals surface area (Å²) in [5.41, 5.74) is 3.12. The summed E-state index contributed by atoms with van der Waals surface area (Å²) in [6, 6.07) is 4.51. The third kappa shape index (κ3) is 2.50. The van der Waals surface area contributed by atoms with E-state index in [-0.39, 0.29) is 0 Å². The number of hydrogen-bond donors (Lipinski definition) is 1. The van der Waals surface area contributed by atoms with E-state index in [1.165, 1.54) is 37.7 Å². The van der Waals surface area contributed by atoms with Gasteiger partial charge in [-0.3, -0.25) is 4.98 Å². The van der Waals surface area contributed by atoms with Crippen LogP contribution in [0.2, 0.25) is 0 Å². The number of nitrogens with one attached hydrogen (secondary N) is 1. The number of hydrogen-bond acceptors (Lipinski definition) is 4. The van der Waals surface area contributed by atoms with Crippen LogP contribution in [0.1, 0.15) is 50.8 Å². The molecule has 1 fully saturated rings. The zero-order chi connectivity index (χ0) is 14.1. The monoisotopic (exact) mass is 280 g/mol. The Kier molecular flexibility index (Phi) is 3.30. The molecule has 0 radical (unpaired) electrons. The summed E-state index contributed by atoms with van der Waals surface area (Å²) < 4.78 is 0. The van der Waals surface area contributed by atoms with E-state index in [1.807, 2.05) is 18.3 Å². The Hall–Kier alpha value is -1.97. The summed E-state index contributed by atoms with van der Waals surface area (Å²) in [4.78, 5) is 14.0. The van der Waals surface area contributed by atoms with Crippen molar-refractivity contribution in [2.45, 2.75) is 51.0 Å². The average molecular weight is 280 g/mol. The van der Waals surface area contributed by atoms with Gasteiger partial charge in [-0.15, -0.1) is 0 Å². The van der Waals surface area contributed by atoms with Crippen LogP contribution in [0, 0.1) is 0 Å². The van der Waals surface area contributed by atoms with Crippen LogP contribution in [0.5, 0.6) is 0 Å². The van der Waals surface area contributed by atoms with E-state index in [9.17, 15) is 0 Å². The molecule has 1 saturated carbocycles. The zero-order valence-electron chi connectivity index (χ0n) is 12.2. The summed E-state index contributed by atoms with van der Waals surface area (Å²) in [5.74, 6) is 1.80.